The standard InChI is InChI=1S/C12H25Cl.2H3N.2Na.2H/c1-2-3-4-5-6-7-8-9-10-11-12-13;;;;;;/h2-12H2,1H3;2*1H3;;;;/q;;;2*+1;2*-1. The first-order chi connectivity index (χ1) is 6.41. The Morgan fingerprint density at radius 2 is 0.941 bits per heavy atom. The average molecular weight is 287 g/mol. The maximum atomic E-state index is 5.60. The van der Waals surface area contributed by atoms with Gasteiger partial charge in [-0.1, -0.05) is 64.7 Å². The predicted octanol–water partition coefficient (Wildman–Crippen LogP) is -0.297. The quantitative estimate of drug-likeness (QED) is 0.329. The van der Waals surface area contributed by atoms with Crippen molar-refractivity contribution in [3.63, 3.8) is 0 Å². The molecular formula is C12H33ClN2Na2. The summed E-state index contributed by atoms with van der Waals surface area (Å²) in [6.45, 7) is 2.27. The molecule has 0 unspecified atom stereocenters. The number of hydrogen-bond donors (Lipinski definition) is 2. The van der Waals surface area contributed by atoms with Gasteiger partial charge in [0.15, 0.2) is 0 Å². The third kappa shape index (κ3) is 32.1. The molecule has 0 aliphatic heterocycles. The van der Waals surface area contributed by atoms with E-state index in [0.29, 0.717) is 0 Å². The summed E-state index contributed by atoms with van der Waals surface area (Å²) in [6.07, 6.45) is 13.9. The molecule has 2 nitrogen and oxygen atoms in total. The molecule has 5 heteroatoms. The zero-order chi connectivity index (χ0) is 9.78. The summed E-state index contributed by atoms with van der Waals surface area (Å²) in [5.74, 6) is 0.844. The molecule has 0 amide bonds. The third-order valence-corrected chi connectivity index (χ3v) is 2.75. The van der Waals surface area contributed by atoms with Gasteiger partial charge in [-0.15, -0.1) is 11.6 Å². The first-order valence-electron chi connectivity index (χ1n) is 5.97. The molecule has 0 saturated carbocycles. The molecule has 0 spiro atoms. The molecule has 0 saturated heterocycles. The molecule has 0 atom stereocenters. The summed E-state index contributed by atoms with van der Waals surface area (Å²) in [6, 6.07) is 0. The number of hydrogen-bond acceptors (Lipinski definition) is 2. The molecule has 100 valence electrons. The van der Waals surface area contributed by atoms with E-state index >= 15 is 0 Å². The fraction of sp³-hybridized carbons (Fsp3) is 1.00. The number of unbranched alkanes of at least 4 members (excludes halogenated alkanes) is 9. The van der Waals surface area contributed by atoms with E-state index in [2.05, 4.69) is 6.92 Å². The van der Waals surface area contributed by atoms with Crippen LogP contribution in [0.15, 0.2) is 0 Å². The van der Waals surface area contributed by atoms with E-state index in [0.717, 1.165) is 5.88 Å². The van der Waals surface area contributed by atoms with Gasteiger partial charge in [-0.05, 0) is 6.42 Å². The molecule has 6 N–H and O–H groups in total. The van der Waals surface area contributed by atoms with Gasteiger partial charge in [0.2, 0.25) is 0 Å². The van der Waals surface area contributed by atoms with E-state index in [1.165, 1.54) is 64.2 Å². The number of alkyl halides is 1. The molecule has 0 heterocycles. The van der Waals surface area contributed by atoms with Crippen molar-refractivity contribution in [3.8, 4) is 0 Å². The van der Waals surface area contributed by atoms with Crippen LogP contribution in [0.3, 0.4) is 0 Å². The zero-order valence-corrected chi connectivity index (χ0v) is 17.3. The van der Waals surface area contributed by atoms with Crippen LogP contribution in [0.25, 0.3) is 0 Å². The van der Waals surface area contributed by atoms with Crippen molar-refractivity contribution in [2.24, 2.45) is 0 Å². The minimum Gasteiger partial charge on any atom is -1.00 e. The smallest absolute Gasteiger partial charge is 1.00 e. The van der Waals surface area contributed by atoms with Crippen molar-refractivity contribution < 1.29 is 62.0 Å². The Balaban J connectivity index is -0.0000000480. The zero-order valence-electron chi connectivity index (χ0n) is 14.6. The first kappa shape index (κ1) is 31.5. The van der Waals surface area contributed by atoms with Gasteiger partial charge >= 0.3 is 59.1 Å². The normalized spacial score (nSPS) is 8.12. The van der Waals surface area contributed by atoms with Crippen molar-refractivity contribution in [2.45, 2.75) is 71.1 Å². The van der Waals surface area contributed by atoms with E-state index in [1.54, 1.807) is 0 Å². The van der Waals surface area contributed by atoms with E-state index < -0.39 is 0 Å². The molecule has 0 aromatic rings. The second kappa shape index (κ2) is 30.9. The summed E-state index contributed by atoms with van der Waals surface area (Å²) >= 11 is 5.60. The number of halogens is 1. The Labute approximate surface area is 161 Å². The Bertz CT molecular complexity index is 97.8. The van der Waals surface area contributed by atoms with Crippen LogP contribution in [-0.2, 0) is 0 Å². The van der Waals surface area contributed by atoms with Gasteiger partial charge in [-0.25, -0.2) is 0 Å². The predicted molar refractivity (Wildman–Crippen MR) is 74.8 cm³/mol. The van der Waals surface area contributed by atoms with Crippen LogP contribution in [0, 0.1) is 0 Å². The second-order valence-electron chi connectivity index (χ2n) is 3.87. The molecule has 0 aromatic heterocycles. The summed E-state index contributed by atoms with van der Waals surface area (Å²) in [5, 5.41) is 0. The second-order valence-corrected chi connectivity index (χ2v) is 4.25. The molecule has 0 aromatic carbocycles. The van der Waals surface area contributed by atoms with Crippen LogP contribution >= 0.6 is 11.6 Å². The Hall–Kier alpha value is 2.21. The van der Waals surface area contributed by atoms with Crippen molar-refractivity contribution in [1.82, 2.24) is 12.3 Å². The van der Waals surface area contributed by atoms with Crippen LogP contribution < -0.4 is 71.4 Å². The minimum absolute atomic E-state index is 0. The van der Waals surface area contributed by atoms with Gasteiger partial charge in [0.05, 0.1) is 0 Å². The first-order valence-corrected chi connectivity index (χ1v) is 6.51. The molecule has 0 aliphatic carbocycles. The Morgan fingerprint density at radius 1 is 0.647 bits per heavy atom. The SMILES string of the molecule is CCCCCCCCCCCCCl.N.N.[H-].[H-].[Na+].[Na+]. The van der Waals surface area contributed by atoms with Crippen molar-refractivity contribution in [2.75, 3.05) is 5.88 Å². The average Bonchev–Trinajstić information content (AvgIpc) is 2.16. The van der Waals surface area contributed by atoms with Gasteiger partial charge < -0.3 is 15.2 Å². The van der Waals surface area contributed by atoms with Crippen LogP contribution in [0.5, 0.6) is 0 Å². The fourth-order valence-electron chi connectivity index (χ4n) is 1.58. The minimum atomic E-state index is 0. The van der Waals surface area contributed by atoms with Crippen LogP contribution in [-0.4, -0.2) is 5.88 Å². The Kier molecular flexibility index (Phi) is 57.4. The maximum Gasteiger partial charge on any atom is 1.00 e. The molecule has 17 heavy (non-hydrogen) atoms. The van der Waals surface area contributed by atoms with Crippen LogP contribution in [0.4, 0.5) is 0 Å². The van der Waals surface area contributed by atoms with Gasteiger partial charge in [-0.2, -0.15) is 0 Å². The molecule has 0 fully saturated rings. The van der Waals surface area contributed by atoms with Gasteiger partial charge in [0.25, 0.3) is 0 Å². The fourth-order valence-corrected chi connectivity index (χ4v) is 1.77. The van der Waals surface area contributed by atoms with Crippen LogP contribution in [0.2, 0.25) is 0 Å². The van der Waals surface area contributed by atoms with Crippen molar-refractivity contribution in [3.05, 3.63) is 0 Å². The monoisotopic (exact) mass is 286 g/mol. The van der Waals surface area contributed by atoms with Crippen molar-refractivity contribution in [1.29, 1.82) is 0 Å². The molecule has 0 radical (unpaired) electrons. The third-order valence-electron chi connectivity index (χ3n) is 2.49. The molecular weight excluding hydrogens is 254 g/mol. The number of rotatable bonds is 10. The summed E-state index contributed by atoms with van der Waals surface area (Å²) in [4.78, 5) is 0. The van der Waals surface area contributed by atoms with E-state index in [1.807, 2.05) is 0 Å². The van der Waals surface area contributed by atoms with Gasteiger partial charge in [0, 0.05) is 5.88 Å². The van der Waals surface area contributed by atoms with Gasteiger partial charge in [0.1, 0.15) is 0 Å². The van der Waals surface area contributed by atoms with E-state index in [-0.39, 0.29) is 74.3 Å². The molecule has 0 aliphatic rings. The summed E-state index contributed by atoms with van der Waals surface area (Å²) in [7, 11) is 0. The van der Waals surface area contributed by atoms with Crippen molar-refractivity contribution >= 4 is 11.6 Å². The molecule has 0 rings (SSSR count). The summed E-state index contributed by atoms with van der Waals surface area (Å²) < 4.78 is 0. The largest absolute Gasteiger partial charge is 1.00 e. The van der Waals surface area contributed by atoms with E-state index in [9.17, 15) is 0 Å². The Morgan fingerprint density at radius 3 is 1.24 bits per heavy atom. The topological polar surface area (TPSA) is 70.0 Å². The summed E-state index contributed by atoms with van der Waals surface area (Å²) in [5.41, 5.74) is 0. The van der Waals surface area contributed by atoms with Crippen LogP contribution in [0.1, 0.15) is 74.0 Å². The van der Waals surface area contributed by atoms with E-state index in [4.69, 9.17) is 11.6 Å². The molecule has 0 bridgehead atoms. The maximum absolute atomic E-state index is 5.60. The van der Waals surface area contributed by atoms with Gasteiger partial charge in [-0.3, -0.25) is 0 Å².